The lowest BCUT2D eigenvalue weighted by Gasteiger charge is -2.06. The first-order chi connectivity index (χ1) is 8.59. The Morgan fingerprint density at radius 2 is 2.06 bits per heavy atom. The summed E-state index contributed by atoms with van der Waals surface area (Å²) in [6, 6.07) is 3.78. The summed E-state index contributed by atoms with van der Waals surface area (Å²) >= 11 is 12.1. The number of furan rings is 1. The highest BCUT2D eigenvalue weighted by Gasteiger charge is 2.11. The van der Waals surface area contributed by atoms with Gasteiger partial charge in [-0.2, -0.15) is 0 Å². The molecule has 0 amide bonds. The van der Waals surface area contributed by atoms with Crippen molar-refractivity contribution >= 4 is 34.2 Å². The lowest BCUT2D eigenvalue weighted by Crippen LogP contribution is -2.21. The highest BCUT2D eigenvalue weighted by atomic mass is 35.5. The molecule has 0 fully saturated rings. The van der Waals surface area contributed by atoms with E-state index in [9.17, 15) is 0 Å². The Hall–Kier alpha value is -0.700. The fourth-order valence-electron chi connectivity index (χ4n) is 1.90. The van der Waals surface area contributed by atoms with Gasteiger partial charge in [-0.3, -0.25) is 0 Å². The number of fused-ring (bicyclic) bond motifs is 1. The molecule has 0 aliphatic heterocycles. The third-order valence-electron chi connectivity index (χ3n) is 2.84. The molecule has 0 spiro atoms. The van der Waals surface area contributed by atoms with E-state index in [2.05, 4.69) is 19.2 Å². The molecule has 0 saturated heterocycles. The van der Waals surface area contributed by atoms with Gasteiger partial charge in [-0.25, -0.2) is 0 Å². The largest absolute Gasteiger partial charge is 0.462 e. The highest BCUT2D eigenvalue weighted by Crippen LogP contribution is 2.33. The quantitative estimate of drug-likeness (QED) is 0.817. The van der Waals surface area contributed by atoms with Gasteiger partial charge in [0.1, 0.15) is 5.02 Å². The van der Waals surface area contributed by atoms with Gasteiger partial charge in [0.25, 0.3) is 0 Å². The van der Waals surface area contributed by atoms with Crippen molar-refractivity contribution in [2.24, 2.45) is 5.92 Å². The van der Waals surface area contributed by atoms with Crippen LogP contribution in [-0.2, 0) is 6.42 Å². The lowest BCUT2D eigenvalue weighted by molar-refractivity contribution is 0.552. The topological polar surface area (TPSA) is 25.2 Å². The van der Waals surface area contributed by atoms with E-state index in [1.54, 1.807) is 6.26 Å². The minimum atomic E-state index is 0.496. The molecule has 1 heterocycles. The van der Waals surface area contributed by atoms with Crippen LogP contribution in [0.3, 0.4) is 0 Å². The summed E-state index contributed by atoms with van der Waals surface area (Å²) in [5.41, 5.74) is 1.85. The molecule has 1 aromatic carbocycles. The van der Waals surface area contributed by atoms with Gasteiger partial charge >= 0.3 is 0 Å². The molecule has 0 radical (unpaired) electrons. The van der Waals surface area contributed by atoms with Crippen molar-refractivity contribution in [3.63, 3.8) is 0 Å². The number of halogens is 2. The Morgan fingerprint density at radius 3 is 2.78 bits per heavy atom. The van der Waals surface area contributed by atoms with E-state index >= 15 is 0 Å². The van der Waals surface area contributed by atoms with Crippen LogP contribution >= 0.6 is 23.2 Å². The van der Waals surface area contributed by atoms with Crippen LogP contribution in [0.4, 0.5) is 0 Å². The Kier molecular flexibility index (Phi) is 4.55. The smallest absolute Gasteiger partial charge is 0.154 e. The number of benzene rings is 1. The predicted molar refractivity (Wildman–Crippen MR) is 77.6 cm³/mol. The van der Waals surface area contributed by atoms with E-state index in [-0.39, 0.29) is 0 Å². The number of rotatable bonds is 5. The Morgan fingerprint density at radius 1 is 1.28 bits per heavy atom. The van der Waals surface area contributed by atoms with Crippen molar-refractivity contribution < 1.29 is 4.42 Å². The van der Waals surface area contributed by atoms with Crippen LogP contribution in [0.15, 0.2) is 22.8 Å². The van der Waals surface area contributed by atoms with Gasteiger partial charge in [0, 0.05) is 5.39 Å². The van der Waals surface area contributed by atoms with Gasteiger partial charge in [0.2, 0.25) is 0 Å². The van der Waals surface area contributed by atoms with Crippen molar-refractivity contribution in [1.82, 2.24) is 5.32 Å². The van der Waals surface area contributed by atoms with Crippen molar-refractivity contribution in [1.29, 1.82) is 0 Å². The molecule has 2 rings (SSSR count). The van der Waals surface area contributed by atoms with Crippen LogP contribution < -0.4 is 5.32 Å². The summed E-state index contributed by atoms with van der Waals surface area (Å²) in [5, 5.41) is 5.49. The molecule has 18 heavy (non-hydrogen) atoms. The maximum absolute atomic E-state index is 6.10. The molecule has 0 unspecified atom stereocenters. The fourth-order valence-corrected chi connectivity index (χ4v) is 2.26. The Labute approximate surface area is 117 Å². The average molecular weight is 286 g/mol. The maximum Gasteiger partial charge on any atom is 0.154 e. The van der Waals surface area contributed by atoms with Crippen LogP contribution in [0.5, 0.6) is 0 Å². The average Bonchev–Trinajstić information content (AvgIpc) is 2.73. The molecular weight excluding hydrogens is 269 g/mol. The number of hydrogen-bond donors (Lipinski definition) is 1. The second kappa shape index (κ2) is 5.96. The normalized spacial score (nSPS) is 11.6. The van der Waals surface area contributed by atoms with E-state index < -0.39 is 0 Å². The number of hydrogen-bond acceptors (Lipinski definition) is 2. The molecule has 0 aliphatic rings. The minimum Gasteiger partial charge on any atom is -0.462 e. The standard InChI is InChI=1S/C14H17Cl2NO/c1-9(2)7-17-6-5-10-8-18-14-11(10)3-4-12(15)13(14)16/h3-4,8-9,17H,5-7H2,1-2H3. The molecule has 4 heteroatoms. The van der Waals surface area contributed by atoms with Crippen LogP contribution in [0, 0.1) is 5.92 Å². The Balaban J connectivity index is 2.08. The summed E-state index contributed by atoms with van der Waals surface area (Å²) in [7, 11) is 0. The lowest BCUT2D eigenvalue weighted by atomic mass is 10.1. The molecule has 1 N–H and O–H groups in total. The van der Waals surface area contributed by atoms with Crippen molar-refractivity contribution in [3.8, 4) is 0 Å². The maximum atomic E-state index is 6.10. The predicted octanol–water partition coefficient (Wildman–Crippen LogP) is 4.53. The van der Waals surface area contributed by atoms with Crippen LogP contribution in [-0.4, -0.2) is 13.1 Å². The molecular formula is C14H17Cl2NO. The van der Waals surface area contributed by atoms with E-state index in [1.165, 1.54) is 5.56 Å². The molecule has 0 aliphatic carbocycles. The molecule has 0 bridgehead atoms. The zero-order valence-corrected chi connectivity index (χ0v) is 12.1. The fraction of sp³-hybridized carbons (Fsp3) is 0.429. The summed E-state index contributed by atoms with van der Waals surface area (Å²) < 4.78 is 5.49. The molecule has 2 nitrogen and oxygen atoms in total. The molecule has 2 aromatic rings. The van der Waals surface area contributed by atoms with Gasteiger partial charge < -0.3 is 9.73 Å². The molecule has 0 saturated carbocycles. The summed E-state index contributed by atoms with van der Waals surface area (Å²) in [6.45, 7) is 6.36. The molecule has 1 aromatic heterocycles. The third-order valence-corrected chi connectivity index (χ3v) is 3.63. The van der Waals surface area contributed by atoms with E-state index in [1.807, 2.05) is 12.1 Å². The second-order valence-electron chi connectivity index (χ2n) is 4.85. The third kappa shape index (κ3) is 3.00. The zero-order chi connectivity index (χ0) is 13.1. The summed E-state index contributed by atoms with van der Waals surface area (Å²) in [5.74, 6) is 0.666. The first-order valence-corrected chi connectivity index (χ1v) is 6.90. The van der Waals surface area contributed by atoms with Gasteiger partial charge in [0.15, 0.2) is 5.58 Å². The summed E-state index contributed by atoms with van der Waals surface area (Å²) in [6.07, 6.45) is 2.70. The Bertz CT molecular complexity index is 534. The minimum absolute atomic E-state index is 0.496. The van der Waals surface area contributed by atoms with Crippen LogP contribution in [0.25, 0.3) is 11.0 Å². The van der Waals surface area contributed by atoms with Crippen LogP contribution in [0.1, 0.15) is 19.4 Å². The van der Waals surface area contributed by atoms with Crippen molar-refractivity contribution in [2.75, 3.05) is 13.1 Å². The van der Waals surface area contributed by atoms with E-state index in [0.29, 0.717) is 21.5 Å². The van der Waals surface area contributed by atoms with Crippen molar-refractivity contribution in [3.05, 3.63) is 34.0 Å². The van der Waals surface area contributed by atoms with Gasteiger partial charge in [-0.15, -0.1) is 0 Å². The van der Waals surface area contributed by atoms with E-state index in [4.69, 9.17) is 27.6 Å². The van der Waals surface area contributed by atoms with Gasteiger partial charge in [-0.05, 0) is 43.1 Å². The zero-order valence-electron chi connectivity index (χ0n) is 10.6. The van der Waals surface area contributed by atoms with Crippen molar-refractivity contribution in [2.45, 2.75) is 20.3 Å². The molecule has 98 valence electrons. The van der Waals surface area contributed by atoms with Crippen LogP contribution in [0.2, 0.25) is 10.0 Å². The van der Waals surface area contributed by atoms with Gasteiger partial charge in [0.05, 0.1) is 11.3 Å². The molecule has 0 atom stereocenters. The van der Waals surface area contributed by atoms with Gasteiger partial charge in [-0.1, -0.05) is 37.0 Å². The first-order valence-electron chi connectivity index (χ1n) is 6.14. The first kappa shape index (κ1) is 13.7. The van der Waals surface area contributed by atoms with E-state index in [0.717, 1.165) is 24.9 Å². The second-order valence-corrected chi connectivity index (χ2v) is 5.63. The highest BCUT2D eigenvalue weighted by molar-refractivity contribution is 6.44. The summed E-state index contributed by atoms with van der Waals surface area (Å²) in [4.78, 5) is 0. The monoisotopic (exact) mass is 285 g/mol. The number of nitrogens with one attached hydrogen (secondary N) is 1. The SMILES string of the molecule is CC(C)CNCCc1coc2c(Cl)c(Cl)ccc12.